The van der Waals surface area contributed by atoms with E-state index in [1.54, 1.807) is 18.2 Å². The lowest BCUT2D eigenvalue weighted by Gasteiger charge is -2.16. The molecular formula is C18H22N2O3S. The first-order valence-electron chi connectivity index (χ1n) is 7.61. The number of nitrogens with one attached hydrogen (secondary N) is 2. The second-order valence-electron chi connectivity index (χ2n) is 5.99. The van der Waals surface area contributed by atoms with Gasteiger partial charge in [-0.3, -0.25) is 9.52 Å². The van der Waals surface area contributed by atoms with Crippen molar-refractivity contribution < 1.29 is 13.2 Å². The lowest BCUT2D eigenvalue weighted by Crippen LogP contribution is -2.26. The molecule has 0 heterocycles. The minimum Gasteiger partial charge on any atom is -0.346 e. The van der Waals surface area contributed by atoms with E-state index in [9.17, 15) is 13.2 Å². The largest absolute Gasteiger partial charge is 0.346 e. The van der Waals surface area contributed by atoms with E-state index < -0.39 is 10.0 Å². The maximum Gasteiger partial charge on any atom is 0.251 e. The molecule has 0 saturated carbocycles. The maximum atomic E-state index is 12.4. The predicted molar refractivity (Wildman–Crippen MR) is 96.7 cm³/mol. The molecule has 1 atom stereocenters. The molecule has 0 saturated heterocycles. The SMILES string of the molecule is Cc1ccc([C@@H](C)NC(=O)c2cccc(NS(C)(=O)=O)c2)cc1C. The van der Waals surface area contributed by atoms with Gasteiger partial charge in [0, 0.05) is 11.3 Å². The first-order chi connectivity index (χ1) is 11.2. The van der Waals surface area contributed by atoms with E-state index in [2.05, 4.69) is 16.1 Å². The molecule has 5 nitrogen and oxygen atoms in total. The van der Waals surface area contributed by atoms with Crippen LogP contribution in [0, 0.1) is 13.8 Å². The summed E-state index contributed by atoms with van der Waals surface area (Å²) in [5.74, 6) is -0.252. The first kappa shape index (κ1) is 18.0. The Balaban J connectivity index is 2.14. The van der Waals surface area contributed by atoms with Crippen molar-refractivity contribution in [2.45, 2.75) is 26.8 Å². The van der Waals surface area contributed by atoms with Crippen LogP contribution in [0.4, 0.5) is 5.69 Å². The van der Waals surface area contributed by atoms with Crippen LogP contribution in [0.3, 0.4) is 0 Å². The van der Waals surface area contributed by atoms with Crippen LogP contribution in [0.1, 0.15) is 40.0 Å². The monoisotopic (exact) mass is 346 g/mol. The molecule has 0 aliphatic rings. The molecule has 0 bridgehead atoms. The zero-order valence-corrected chi connectivity index (χ0v) is 15.1. The second kappa shape index (κ2) is 7.05. The van der Waals surface area contributed by atoms with Crippen LogP contribution in [0.25, 0.3) is 0 Å². The predicted octanol–water partition coefficient (Wildman–Crippen LogP) is 3.17. The van der Waals surface area contributed by atoms with Crippen LogP contribution in [0.2, 0.25) is 0 Å². The van der Waals surface area contributed by atoms with Gasteiger partial charge in [0.25, 0.3) is 5.91 Å². The Hall–Kier alpha value is -2.34. The van der Waals surface area contributed by atoms with Gasteiger partial charge in [-0.05, 0) is 55.7 Å². The van der Waals surface area contributed by atoms with Gasteiger partial charge >= 0.3 is 0 Å². The van der Waals surface area contributed by atoms with Crippen LogP contribution in [0.5, 0.6) is 0 Å². The number of hydrogen-bond acceptors (Lipinski definition) is 3. The molecule has 0 aromatic heterocycles. The van der Waals surface area contributed by atoms with E-state index in [-0.39, 0.29) is 11.9 Å². The van der Waals surface area contributed by atoms with E-state index >= 15 is 0 Å². The van der Waals surface area contributed by atoms with Crippen molar-refractivity contribution in [3.63, 3.8) is 0 Å². The Labute approximate surface area is 143 Å². The highest BCUT2D eigenvalue weighted by Gasteiger charge is 2.13. The normalized spacial score (nSPS) is 12.5. The molecule has 0 fully saturated rings. The number of carbonyl (C=O) groups excluding carboxylic acids is 1. The summed E-state index contributed by atoms with van der Waals surface area (Å²) in [5.41, 5.74) is 4.17. The summed E-state index contributed by atoms with van der Waals surface area (Å²) in [6.07, 6.45) is 1.07. The van der Waals surface area contributed by atoms with Crippen LogP contribution in [-0.2, 0) is 10.0 Å². The number of amides is 1. The summed E-state index contributed by atoms with van der Waals surface area (Å²) < 4.78 is 25.0. The summed E-state index contributed by atoms with van der Waals surface area (Å²) in [4.78, 5) is 12.4. The zero-order chi connectivity index (χ0) is 17.9. The van der Waals surface area contributed by atoms with E-state index in [0.29, 0.717) is 11.3 Å². The fourth-order valence-corrected chi connectivity index (χ4v) is 2.89. The Kier molecular flexibility index (Phi) is 5.29. The first-order valence-corrected chi connectivity index (χ1v) is 9.51. The Bertz CT molecular complexity index is 860. The third-order valence-electron chi connectivity index (χ3n) is 3.81. The van der Waals surface area contributed by atoms with Gasteiger partial charge in [-0.25, -0.2) is 8.42 Å². The average Bonchev–Trinajstić information content (AvgIpc) is 2.48. The molecule has 128 valence electrons. The summed E-state index contributed by atoms with van der Waals surface area (Å²) in [7, 11) is -3.38. The highest BCUT2D eigenvalue weighted by Crippen LogP contribution is 2.18. The number of anilines is 1. The Morgan fingerprint density at radius 1 is 1.04 bits per heavy atom. The van der Waals surface area contributed by atoms with Crippen LogP contribution < -0.4 is 10.0 Å². The van der Waals surface area contributed by atoms with Crippen molar-refractivity contribution in [3.05, 3.63) is 64.7 Å². The van der Waals surface area contributed by atoms with Crippen LogP contribution in [0.15, 0.2) is 42.5 Å². The Morgan fingerprint density at radius 2 is 1.75 bits per heavy atom. The molecule has 0 unspecified atom stereocenters. The van der Waals surface area contributed by atoms with Crippen molar-refractivity contribution in [1.29, 1.82) is 0 Å². The number of hydrogen-bond donors (Lipinski definition) is 2. The van der Waals surface area contributed by atoms with E-state index in [1.165, 1.54) is 17.2 Å². The minimum absolute atomic E-state index is 0.150. The molecule has 2 rings (SSSR count). The van der Waals surface area contributed by atoms with Gasteiger partial charge in [-0.2, -0.15) is 0 Å². The highest BCUT2D eigenvalue weighted by molar-refractivity contribution is 7.92. The lowest BCUT2D eigenvalue weighted by molar-refractivity contribution is 0.0940. The average molecular weight is 346 g/mol. The smallest absolute Gasteiger partial charge is 0.251 e. The number of sulfonamides is 1. The fraction of sp³-hybridized carbons (Fsp3) is 0.278. The fourth-order valence-electron chi connectivity index (χ4n) is 2.34. The van der Waals surface area contributed by atoms with Crippen LogP contribution >= 0.6 is 0 Å². The Morgan fingerprint density at radius 3 is 2.38 bits per heavy atom. The molecule has 2 N–H and O–H groups in total. The van der Waals surface area contributed by atoms with Gasteiger partial charge in [-0.15, -0.1) is 0 Å². The van der Waals surface area contributed by atoms with Gasteiger partial charge in [0.2, 0.25) is 10.0 Å². The third-order valence-corrected chi connectivity index (χ3v) is 4.41. The standard InChI is InChI=1S/C18H22N2O3S/c1-12-8-9-15(10-13(12)2)14(3)19-18(21)16-6-5-7-17(11-16)20-24(4,22)23/h5-11,14,20H,1-4H3,(H,19,21)/t14-/m1/s1. The molecule has 1 amide bonds. The van der Waals surface area contributed by atoms with Crippen molar-refractivity contribution in [3.8, 4) is 0 Å². The topological polar surface area (TPSA) is 75.3 Å². The number of benzene rings is 2. The minimum atomic E-state index is -3.38. The highest BCUT2D eigenvalue weighted by atomic mass is 32.2. The van der Waals surface area contributed by atoms with Crippen LogP contribution in [-0.4, -0.2) is 20.6 Å². The molecule has 0 aliphatic carbocycles. The molecule has 0 aliphatic heterocycles. The van der Waals surface area contributed by atoms with Gasteiger partial charge in [0.15, 0.2) is 0 Å². The van der Waals surface area contributed by atoms with E-state index in [4.69, 9.17) is 0 Å². The van der Waals surface area contributed by atoms with Crippen molar-refractivity contribution in [2.24, 2.45) is 0 Å². The molecule has 24 heavy (non-hydrogen) atoms. The third kappa shape index (κ3) is 4.83. The summed E-state index contributed by atoms with van der Waals surface area (Å²) in [6, 6.07) is 12.3. The van der Waals surface area contributed by atoms with Crippen molar-refractivity contribution in [2.75, 3.05) is 11.0 Å². The number of carbonyl (C=O) groups is 1. The molecular weight excluding hydrogens is 324 g/mol. The zero-order valence-electron chi connectivity index (χ0n) is 14.3. The number of rotatable bonds is 5. The van der Waals surface area contributed by atoms with E-state index in [1.807, 2.05) is 32.9 Å². The lowest BCUT2D eigenvalue weighted by atomic mass is 10.0. The van der Waals surface area contributed by atoms with Gasteiger partial charge in [-0.1, -0.05) is 24.3 Å². The summed E-state index contributed by atoms with van der Waals surface area (Å²) >= 11 is 0. The van der Waals surface area contributed by atoms with E-state index in [0.717, 1.165) is 11.8 Å². The van der Waals surface area contributed by atoms with Gasteiger partial charge in [0.05, 0.1) is 12.3 Å². The summed E-state index contributed by atoms with van der Waals surface area (Å²) in [5, 5.41) is 2.93. The van der Waals surface area contributed by atoms with Gasteiger partial charge < -0.3 is 5.32 Å². The quantitative estimate of drug-likeness (QED) is 0.873. The number of aryl methyl sites for hydroxylation is 2. The molecule has 6 heteroatoms. The van der Waals surface area contributed by atoms with Gasteiger partial charge in [0.1, 0.15) is 0 Å². The molecule has 0 spiro atoms. The molecule has 2 aromatic rings. The van der Waals surface area contributed by atoms with Crippen molar-refractivity contribution in [1.82, 2.24) is 5.32 Å². The maximum absolute atomic E-state index is 12.4. The molecule has 2 aromatic carbocycles. The second-order valence-corrected chi connectivity index (χ2v) is 7.74. The van der Waals surface area contributed by atoms with Crippen molar-refractivity contribution >= 4 is 21.6 Å². The summed E-state index contributed by atoms with van der Waals surface area (Å²) in [6.45, 7) is 6.00. The molecule has 0 radical (unpaired) electrons.